The van der Waals surface area contributed by atoms with E-state index in [0.29, 0.717) is 12.5 Å². The molecule has 1 saturated heterocycles. The number of aliphatic hydroxyl groups is 1. The Kier molecular flexibility index (Phi) is 4.05. The molecule has 1 aliphatic carbocycles. The van der Waals surface area contributed by atoms with Crippen LogP contribution in [0.1, 0.15) is 38.5 Å². The highest BCUT2D eigenvalue weighted by Gasteiger charge is 2.46. The molecule has 0 unspecified atom stereocenters. The number of hydrogen-bond donors (Lipinski definition) is 2. The molecule has 1 aliphatic heterocycles. The van der Waals surface area contributed by atoms with Crippen LogP contribution in [0.4, 0.5) is 0 Å². The minimum absolute atomic E-state index is 0.216. The number of rotatable bonds is 4. The second-order valence-electron chi connectivity index (χ2n) is 5.68. The van der Waals surface area contributed by atoms with Crippen LogP contribution in [0.3, 0.4) is 0 Å². The highest BCUT2D eigenvalue weighted by molar-refractivity contribution is 5.66. The lowest BCUT2D eigenvalue weighted by Gasteiger charge is -2.37. The lowest BCUT2D eigenvalue weighted by atomic mass is 9.68. The van der Waals surface area contributed by atoms with Crippen molar-refractivity contribution in [2.75, 3.05) is 26.2 Å². The average molecular weight is 241 g/mol. The van der Waals surface area contributed by atoms with Crippen LogP contribution in [-0.2, 0) is 4.79 Å². The summed E-state index contributed by atoms with van der Waals surface area (Å²) in [4.78, 5) is 12.8. The van der Waals surface area contributed by atoms with E-state index in [-0.39, 0.29) is 18.4 Å². The topological polar surface area (TPSA) is 60.8 Å². The molecule has 2 rings (SSSR count). The Balaban J connectivity index is 1.95. The molecule has 2 fully saturated rings. The van der Waals surface area contributed by atoms with Crippen LogP contribution in [0, 0.1) is 11.3 Å². The summed E-state index contributed by atoms with van der Waals surface area (Å²) in [7, 11) is 0. The summed E-state index contributed by atoms with van der Waals surface area (Å²) in [5.74, 6) is -0.369. The first-order valence-corrected chi connectivity index (χ1v) is 6.71. The van der Waals surface area contributed by atoms with Gasteiger partial charge in [0.15, 0.2) is 0 Å². The van der Waals surface area contributed by atoms with Gasteiger partial charge in [-0.3, -0.25) is 4.79 Å². The molecule has 4 nitrogen and oxygen atoms in total. The Bertz CT molecular complexity index is 274. The number of carboxylic acids is 1. The second-order valence-corrected chi connectivity index (χ2v) is 5.68. The number of aliphatic carboxylic acids is 1. The number of carbonyl (C=O) groups is 1. The van der Waals surface area contributed by atoms with E-state index in [9.17, 15) is 9.90 Å². The molecule has 0 aromatic heterocycles. The molecule has 0 aromatic carbocycles. The Labute approximate surface area is 103 Å². The summed E-state index contributed by atoms with van der Waals surface area (Å²) in [6.45, 7) is 2.76. The average Bonchev–Trinajstić information content (AvgIpc) is 2.65. The van der Waals surface area contributed by atoms with Gasteiger partial charge >= 0.3 is 5.97 Å². The van der Waals surface area contributed by atoms with Gasteiger partial charge in [0.1, 0.15) is 0 Å². The maximum Gasteiger partial charge on any atom is 0.304 e. The van der Waals surface area contributed by atoms with E-state index in [1.165, 1.54) is 32.1 Å². The summed E-state index contributed by atoms with van der Waals surface area (Å²) in [5.41, 5.74) is 0.283. The smallest absolute Gasteiger partial charge is 0.304 e. The zero-order chi connectivity index (χ0) is 12.3. The first kappa shape index (κ1) is 12.8. The fraction of sp³-hybridized carbons (Fsp3) is 0.923. The number of hydrogen-bond acceptors (Lipinski definition) is 3. The van der Waals surface area contributed by atoms with Crippen molar-refractivity contribution < 1.29 is 15.0 Å². The Morgan fingerprint density at radius 2 is 2.00 bits per heavy atom. The van der Waals surface area contributed by atoms with Gasteiger partial charge in [0, 0.05) is 32.2 Å². The third-order valence-electron chi connectivity index (χ3n) is 4.59. The van der Waals surface area contributed by atoms with Gasteiger partial charge in [0.25, 0.3) is 0 Å². The van der Waals surface area contributed by atoms with E-state index in [4.69, 9.17) is 5.11 Å². The SMILES string of the molecule is O=C(O)CCN1C[C@H](CO)C2(CCCCC2)C1. The maximum atomic E-state index is 10.6. The standard InChI is InChI=1S/C13H23NO3/c15-9-11-8-14(7-4-12(16)17)10-13(11)5-2-1-3-6-13/h11,15H,1-10H2,(H,16,17)/t11-/m1/s1. The molecule has 1 atom stereocenters. The molecule has 2 N–H and O–H groups in total. The molecule has 2 aliphatic rings. The number of aliphatic hydroxyl groups excluding tert-OH is 1. The number of nitrogens with zero attached hydrogens (tertiary/aromatic N) is 1. The molecule has 0 bridgehead atoms. The molecule has 0 radical (unpaired) electrons. The lowest BCUT2D eigenvalue weighted by Crippen LogP contribution is -2.34. The minimum atomic E-state index is -0.727. The number of likely N-dealkylation sites (tertiary alicyclic amines) is 1. The molecular formula is C13H23NO3. The van der Waals surface area contributed by atoms with Crippen LogP contribution in [0.15, 0.2) is 0 Å². The Hall–Kier alpha value is -0.610. The van der Waals surface area contributed by atoms with E-state index in [1.807, 2.05) is 0 Å². The fourth-order valence-electron chi connectivity index (χ4n) is 3.64. The first-order valence-electron chi connectivity index (χ1n) is 6.71. The van der Waals surface area contributed by atoms with Crippen molar-refractivity contribution >= 4 is 5.97 Å². The molecule has 0 aromatic rings. The van der Waals surface area contributed by atoms with E-state index in [2.05, 4.69) is 4.90 Å². The summed E-state index contributed by atoms with van der Waals surface area (Å²) < 4.78 is 0. The fourth-order valence-corrected chi connectivity index (χ4v) is 3.64. The van der Waals surface area contributed by atoms with Gasteiger partial charge in [-0.1, -0.05) is 19.3 Å². The number of carboxylic acid groups (broad SMARTS) is 1. The highest BCUT2D eigenvalue weighted by atomic mass is 16.4. The van der Waals surface area contributed by atoms with Gasteiger partial charge < -0.3 is 15.1 Å². The molecule has 0 amide bonds. The molecule has 4 heteroatoms. The Morgan fingerprint density at radius 3 is 2.59 bits per heavy atom. The summed E-state index contributed by atoms with van der Waals surface area (Å²) in [5, 5.41) is 18.3. The first-order chi connectivity index (χ1) is 8.16. The Morgan fingerprint density at radius 1 is 1.29 bits per heavy atom. The van der Waals surface area contributed by atoms with Gasteiger partial charge in [-0.15, -0.1) is 0 Å². The van der Waals surface area contributed by atoms with Crippen molar-refractivity contribution in [1.82, 2.24) is 4.90 Å². The van der Waals surface area contributed by atoms with Gasteiger partial charge in [0.2, 0.25) is 0 Å². The van der Waals surface area contributed by atoms with E-state index >= 15 is 0 Å². The summed E-state index contributed by atoms with van der Waals surface area (Å²) in [6.07, 6.45) is 6.49. The zero-order valence-corrected chi connectivity index (χ0v) is 10.4. The van der Waals surface area contributed by atoms with Crippen LogP contribution in [0.25, 0.3) is 0 Å². The van der Waals surface area contributed by atoms with E-state index in [1.54, 1.807) is 0 Å². The van der Waals surface area contributed by atoms with Crippen LogP contribution in [-0.4, -0.2) is 47.3 Å². The van der Waals surface area contributed by atoms with Crippen molar-refractivity contribution in [2.45, 2.75) is 38.5 Å². The second kappa shape index (κ2) is 5.36. The van der Waals surface area contributed by atoms with E-state index < -0.39 is 5.97 Å². The van der Waals surface area contributed by atoms with Gasteiger partial charge in [-0.2, -0.15) is 0 Å². The molecular weight excluding hydrogens is 218 g/mol. The predicted molar refractivity (Wildman–Crippen MR) is 64.8 cm³/mol. The van der Waals surface area contributed by atoms with Gasteiger partial charge in [-0.25, -0.2) is 0 Å². The van der Waals surface area contributed by atoms with Crippen LogP contribution < -0.4 is 0 Å². The van der Waals surface area contributed by atoms with Gasteiger partial charge in [-0.05, 0) is 18.3 Å². The largest absolute Gasteiger partial charge is 0.481 e. The molecule has 98 valence electrons. The van der Waals surface area contributed by atoms with E-state index in [0.717, 1.165) is 13.1 Å². The quantitative estimate of drug-likeness (QED) is 0.779. The molecule has 17 heavy (non-hydrogen) atoms. The van der Waals surface area contributed by atoms with Crippen molar-refractivity contribution in [2.24, 2.45) is 11.3 Å². The van der Waals surface area contributed by atoms with Crippen LogP contribution in [0.5, 0.6) is 0 Å². The third kappa shape index (κ3) is 2.80. The molecule has 1 saturated carbocycles. The van der Waals surface area contributed by atoms with Crippen molar-refractivity contribution in [3.05, 3.63) is 0 Å². The lowest BCUT2D eigenvalue weighted by molar-refractivity contribution is -0.137. The van der Waals surface area contributed by atoms with Crippen LogP contribution >= 0.6 is 0 Å². The third-order valence-corrected chi connectivity index (χ3v) is 4.59. The normalized spacial score (nSPS) is 28.6. The highest BCUT2D eigenvalue weighted by Crippen LogP contribution is 2.47. The van der Waals surface area contributed by atoms with Crippen molar-refractivity contribution in [3.63, 3.8) is 0 Å². The monoisotopic (exact) mass is 241 g/mol. The van der Waals surface area contributed by atoms with Crippen molar-refractivity contribution in [3.8, 4) is 0 Å². The predicted octanol–water partition coefficient (Wildman–Crippen LogP) is 1.34. The van der Waals surface area contributed by atoms with Crippen molar-refractivity contribution in [1.29, 1.82) is 0 Å². The molecule has 1 spiro atoms. The molecule has 1 heterocycles. The maximum absolute atomic E-state index is 10.6. The summed E-state index contributed by atoms with van der Waals surface area (Å²) >= 11 is 0. The van der Waals surface area contributed by atoms with Gasteiger partial charge in [0.05, 0.1) is 6.42 Å². The zero-order valence-electron chi connectivity index (χ0n) is 10.4. The summed E-state index contributed by atoms with van der Waals surface area (Å²) in [6, 6.07) is 0. The minimum Gasteiger partial charge on any atom is -0.481 e. The van der Waals surface area contributed by atoms with Crippen LogP contribution in [0.2, 0.25) is 0 Å².